The zero-order valence-electron chi connectivity index (χ0n) is 63.9. The standard InChI is InChI=1S/C70H89N9O37P4/c1-41-36-78(69(91)75-64(41)85)61-34-53(55(38-80)112-61)115-119(97,98)107-28-24-103-20-19-102-23-27-106-118(95,96)110-40-57-54(116-120(99,100)108-29-25-104-21-18-101-22-26-105-117(93,94)109-39-56-50(83)33-60(113-56)77-17-14-58(71)74-68(77)90)35-62(114-57)79-37-43(66(87)76-70(79)92)7-13-59(84)72-15-4-2-3-5-16-73-65(86)42-6-10-46(67(88)89)49(30-42)63-47-11-8-44(81)31-51(47)111-52-32-45(82)9-12-48(52)63/h6-14,17,30-32,36-37,50,53-57,60-62,80-81,83H,2-5,15-16,18-29,33-35,38-40H2,1H3,(H,72,84)(H,73,86)(H,88,89)(H,93,94)(H,95,96)(H,97,98)(H,99,100)(H2,71,74,90)(H,75,85,91)(H,76,87,92)/b13-7+/t50-,53-,54-,55-,56-,57-,60-,61-,62-/m1/s1. The van der Waals surface area contributed by atoms with Crippen molar-refractivity contribution in [3.05, 3.63) is 170 Å². The van der Waals surface area contributed by atoms with Crippen molar-refractivity contribution in [1.82, 2.24) is 39.3 Å². The van der Waals surface area contributed by atoms with E-state index in [1.165, 1.54) is 80.0 Å². The Morgan fingerprint density at radius 1 is 0.600 bits per heavy atom. The molecule has 13 atom stereocenters. The Morgan fingerprint density at radius 2 is 1.13 bits per heavy atom. The second-order valence-corrected chi connectivity index (χ2v) is 32.5. The summed E-state index contributed by atoms with van der Waals surface area (Å²) in [5.41, 5.74) is 1.98. The number of unbranched alkanes of at least 4 members (excludes halogenated alkanes) is 3. The molecule has 2 amide bonds. The topological polar surface area (TPSA) is 645 Å². The molecule has 10 rings (SSSR count). The number of aliphatic hydroxyl groups is 2. The fourth-order valence-electron chi connectivity index (χ4n) is 12.5. The number of carbonyl (C=O) groups excluding carboxylic acids is 2. The van der Waals surface area contributed by atoms with E-state index in [0.29, 0.717) is 42.2 Å². The number of hydrogen-bond acceptors (Lipinski definition) is 34. The number of H-pyrrole nitrogens is 2. The van der Waals surface area contributed by atoms with Crippen molar-refractivity contribution in [2.24, 2.45) is 0 Å². The number of phosphoric ester groups is 4. The van der Waals surface area contributed by atoms with E-state index in [2.05, 4.69) is 25.6 Å². The smallest absolute Gasteiger partial charge is 0.472 e. The van der Waals surface area contributed by atoms with Gasteiger partial charge in [-0.2, -0.15) is 4.98 Å². The molecule has 0 spiro atoms. The van der Waals surface area contributed by atoms with Gasteiger partial charge in [0.15, 0.2) is 5.43 Å². The minimum absolute atomic E-state index is 0.0272. The highest BCUT2D eigenvalue weighted by atomic mass is 31.2. The highest BCUT2D eigenvalue weighted by Gasteiger charge is 2.45. The predicted molar refractivity (Wildman–Crippen MR) is 413 cm³/mol. The molecule has 0 bridgehead atoms. The van der Waals surface area contributed by atoms with Crippen LogP contribution in [0.4, 0.5) is 5.82 Å². The Bertz CT molecular complexity index is 5310. The Balaban J connectivity index is 0.658. The van der Waals surface area contributed by atoms with E-state index in [-0.39, 0.29) is 135 Å². The number of phosphoric acid groups is 4. The van der Waals surface area contributed by atoms with Crippen LogP contribution in [-0.4, -0.2) is 235 Å². The molecule has 7 heterocycles. The van der Waals surface area contributed by atoms with Crippen LogP contribution in [0.3, 0.4) is 0 Å². The molecule has 656 valence electrons. The van der Waals surface area contributed by atoms with Crippen LogP contribution in [0.15, 0.2) is 119 Å². The minimum Gasteiger partial charge on any atom is -0.508 e. The number of fused-ring (bicyclic) bond motifs is 2. The van der Waals surface area contributed by atoms with Crippen molar-refractivity contribution in [1.29, 1.82) is 0 Å². The first-order valence-corrected chi connectivity index (χ1v) is 43.1. The number of carboxylic acids is 1. The summed E-state index contributed by atoms with van der Waals surface area (Å²) in [6, 6.07) is 13.7. The number of carbonyl (C=O) groups is 3. The van der Waals surface area contributed by atoms with Gasteiger partial charge in [0.2, 0.25) is 5.91 Å². The molecule has 50 heteroatoms. The molecule has 4 aliphatic heterocycles. The van der Waals surface area contributed by atoms with Gasteiger partial charge in [-0.15, -0.1) is 0 Å². The van der Waals surface area contributed by atoms with Crippen LogP contribution in [0, 0.1) is 6.92 Å². The normalized spacial score (nSPS) is 21.4. The van der Waals surface area contributed by atoms with Crippen molar-refractivity contribution < 1.29 is 146 Å². The third-order valence-corrected chi connectivity index (χ3v) is 22.3. The van der Waals surface area contributed by atoms with Crippen LogP contribution in [-0.2, 0) is 92.4 Å². The summed E-state index contributed by atoms with van der Waals surface area (Å²) in [5.74, 6) is -2.46. The van der Waals surface area contributed by atoms with Gasteiger partial charge in [0, 0.05) is 96.8 Å². The number of nitrogen functional groups attached to an aromatic ring is 1. The lowest BCUT2D eigenvalue weighted by Gasteiger charge is -2.22. The lowest BCUT2D eigenvalue weighted by atomic mass is 9.89. The first kappa shape index (κ1) is 93.5. The van der Waals surface area contributed by atoms with Crippen LogP contribution < -0.4 is 50.0 Å². The summed E-state index contributed by atoms with van der Waals surface area (Å²) in [4.78, 5) is 164. The molecule has 5 aromatic rings. The van der Waals surface area contributed by atoms with Gasteiger partial charge in [0.25, 0.3) is 17.0 Å². The van der Waals surface area contributed by atoms with Crippen molar-refractivity contribution in [3.8, 4) is 28.2 Å². The Labute approximate surface area is 678 Å². The van der Waals surface area contributed by atoms with E-state index in [4.69, 9.17) is 79.5 Å². The maximum absolute atomic E-state index is 13.5. The SMILES string of the molecule is Cc1cn([C@H]2C[C@@H](OP(=O)(O)OCCOCCOCCOP(=O)(O)OC[C@H]3O[C@@H](n4cc(/C=C/C(=O)NCCCCCCNC(=O)c5ccc(C(=O)O)c(-c6c7ccc(=O)cc-7oc7cc(O)ccc67)c5)c(=O)[nH]c4=O)C[C@H]3OP(=O)(O)OCCOCCOCCOP(=O)(O)OC[C@H]3O[C@@H](n4ccc(N)nc4=O)C[C@H]3O)[C@@H](CO)O2)c(=O)[nH]c1=O. The number of aromatic nitrogens is 6. The number of aromatic carboxylic acids is 1. The number of hydrogen-bond donors (Lipinski definition) is 13. The van der Waals surface area contributed by atoms with Gasteiger partial charge >= 0.3 is 54.3 Å². The van der Waals surface area contributed by atoms with Gasteiger partial charge in [0.1, 0.15) is 72.1 Å². The lowest BCUT2D eigenvalue weighted by molar-refractivity contribution is -0.116. The molecule has 3 saturated heterocycles. The summed E-state index contributed by atoms with van der Waals surface area (Å²) in [6.07, 6.45) is -4.18. The molecule has 3 fully saturated rings. The zero-order valence-corrected chi connectivity index (χ0v) is 67.5. The van der Waals surface area contributed by atoms with Gasteiger partial charge in [0.05, 0.1) is 116 Å². The number of nitrogens with two attached hydrogens (primary N) is 1. The summed E-state index contributed by atoms with van der Waals surface area (Å²) >= 11 is 0. The molecule has 14 N–H and O–H groups in total. The van der Waals surface area contributed by atoms with Crippen LogP contribution in [0.2, 0.25) is 0 Å². The highest BCUT2D eigenvalue weighted by molar-refractivity contribution is 7.48. The number of anilines is 1. The molecular formula is C70H89N9O37P4. The van der Waals surface area contributed by atoms with Crippen molar-refractivity contribution in [2.75, 3.05) is 118 Å². The van der Waals surface area contributed by atoms with Crippen LogP contribution in [0.25, 0.3) is 39.5 Å². The number of aromatic amines is 2. The number of benzene rings is 3. The number of aryl methyl sites for hydroxylation is 1. The van der Waals surface area contributed by atoms with E-state index in [0.717, 1.165) is 32.1 Å². The van der Waals surface area contributed by atoms with Gasteiger partial charge < -0.3 is 93.9 Å². The number of nitrogens with one attached hydrogen (secondary N) is 4. The quantitative estimate of drug-likeness (QED) is 0.0112. The van der Waals surface area contributed by atoms with Gasteiger partial charge in [-0.25, -0.2) is 37.4 Å². The number of amides is 2. The zero-order chi connectivity index (χ0) is 86.5. The average Bonchev–Trinajstić information content (AvgIpc) is 0.862. The van der Waals surface area contributed by atoms with Crippen molar-refractivity contribution in [3.63, 3.8) is 0 Å². The number of ether oxygens (including phenoxy) is 7. The van der Waals surface area contributed by atoms with Crippen LogP contribution >= 0.6 is 31.3 Å². The number of phenols is 1. The van der Waals surface area contributed by atoms with Crippen molar-refractivity contribution >= 4 is 71.9 Å². The number of aliphatic hydroxyl groups excluding tert-OH is 2. The molecule has 5 aliphatic rings. The van der Waals surface area contributed by atoms with Crippen molar-refractivity contribution in [2.45, 2.75) is 107 Å². The molecule has 0 saturated carbocycles. The summed E-state index contributed by atoms with van der Waals surface area (Å²) in [5, 5.41) is 46.6. The summed E-state index contributed by atoms with van der Waals surface area (Å²) < 4.78 is 140. The number of phenolic OH excluding ortho intramolecular Hbond substituents is 1. The summed E-state index contributed by atoms with van der Waals surface area (Å²) in [7, 11) is -19.6. The largest absolute Gasteiger partial charge is 0.508 e. The third-order valence-electron chi connectivity index (χ3n) is 18.2. The molecular weight excluding hydrogens is 1680 g/mol. The third kappa shape index (κ3) is 27.1. The highest BCUT2D eigenvalue weighted by Crippen LogP contribution is 2.52. The summed E-state index contributed by atoms with van der Waals surface area (Å²) in [6.45, 7) is -4.11. The van der Waals surface area contributed by atoms with Gasteiger partial charge in [-0.3, -0.25) is 83.8 Å². The first-order valence-electron chi connectivity index (χ1n) is 37.1. The second-order valence-electron chi connectivity index (χ2n) is 26.8. The molecule has 120 heavy (non-hydrogen) atoms. The van der Waals surface area contributed by atoms with E-state index in [1.54, 1.807) is 0 Å². The second kappa shape index (κ2) is 43.3. The van der Waals surface area contributed by atoms with E-state index in [1.807, 2.05) is 0 Å². The van der Waals surface area contributed by atoms with E-state index >= 15 is 0 Å². The Hall–Kier alpha value is -8.80. The van der Waals surface area contributed by atoms with Gasteiger partial charge in [-0.1, -0.05) is 12.8 Å². The molecule has 4 unspecified atom stereocenters. The maximum atomic E-state index is 13.5. The monoisotopic (exact) mass is 1770 g/mol. The number of aromatic hydroxyl groups is 1. The maximum Gasteiger partial charge on any atom is 0.472 e. The molecule has 2 aromatic carbocycles. The minimum atomic E-state index is -5.13. The average molecular weight is 1770 g/mol. The number of carboxylic acid groups (broad SMARTS) is 1. The molecule has 1 aliphatic carbocycles. The lowest BCUT2D eigenvalue weighted by Crippen LogP contribution is -2.33. The fraction of sp³-hybridized carbons (Fsp3) is 0.486. The molecule has 3 aromatic heterocycles. The number of nitrogens with zero attached hydrogens (tertiary/aromatic N) is 4. The van der Waals surface area contributed by atoms with E-state index in [9.17, 15) is 101 Å². The Kier molecular flexibility index (Phi) is 33.7. The van der Waals surface area contributed by atoms with Crippen LogP contribution in [0.1, 0.15) is 95.5 Å². The fourth-order valence-corrected chi connectivity index (χ4v) is 15.8. The predicted octanol–water partition coefficient (Wildman–Crippen LogP) is 2.19. The van der Waals surface area contributed by atoms with Crippen LogP contribution in [0.5, 0.6) is 5.75 Å². The Morgan fingerprint density at radius 3 is 1.73 bits per heavy atom. The first-order chi connectivity index (χ1) is 57.1. The molecule has 0 radical (unpaired) electrons. The van der Waals surface area contributed by atoms with E-state index < -0.39 is 185 Å². The molecule has 46 nitrogen and oxygen atoms in total. The van der Waals surface area contributed by atoms with Gasteiger partial charge in [-0.05, 0) is 79.9 Å². The number of rotatable bonds is 48.